The molecule has 9 heteroatoms. The van der Waals surface area contributed by atoms with Crippen LogP contribution in [0, 0.1) is 0 Å². The van der Waals surface area contributed by atoms with Gasteiger partial charge < -0.3 is 23.7 Å². The van der Waals surface area contributed by atoms with Crippen LogP contribution in [-0.2, 0) is 4.74 Å². The van der Waals surface area contributed by atoms with Gasteiger partial charge in [-0.15, -0.1) is 0 Å². The van der Waals surface area contributed by atoms with Crippen molar-refractivity contribution in [2.45, 2.75) is 19.6 Å². The van der Waals surface area contributed by atoms with Crippen molar-refractivity contribution in [3.63, 3.8) is 0 Å². The molecule has 0 radical (unpaired) electrons. The fourth-order valence-electron chi connectivity index (χ4n) is 2.50. The van der Waals surface area contributed by atoms with Gasteiger partial charge in [-0.25, -0.2) is 4.79 Å². The first-order valence-electron chi connectivity index (χ1n) is 8.40. The zero-order valence-electron chi connectivity index (χ0n) is 16.2. The van der Waals surface area contributed by atoms with Gasteiger partial charge in [0.1, 0.15) is 17.1 Å². The highest BCUT2D eigenvalue weighted by Gasteiger charge is 2.24. The summed E-state index contributed by atoms with van der Waals surface area (Å²) in [5.74, 6) is -0.579. The van der Waals surface area contributed by atoms with Crippen LogP contribution < -0.4 is 18.9 Å². The first-order chi connectivity index (χ1) is 13.8. The van der Waals surface area contributed by atoms with E-state index in [0.29, 0.717) is 5.75 Å². The van der Waals surface area contributed by atoms with Gasteiger partial charge in [-0.1, -0.05) is 0 Å². The normalized spacial score (nSPS) is 11.6. The third kappa shape index (κ3) is 5.34. The summed E-state index contributed by atoms with van der Waals surface area (Å²) in [4.78, 5) is 25.0. The van der Waals surface area contributed by atoms with Crippen LogP contribution in [0.1, 0.15) is 27.6 Å². The number of hydrogen-bond donors (Lipinski definition) is 0. The van der Waals surface area contributed by atoms with Gasteiger partial charge >= 0.3 is 12.6 Å². The third-order valence-electron chi connectivity index (χ3n) is 3.94. The lowest BCUT2D eigenvalue weighted by molar-refractivity contribution is -0.0498. The molecule has 0 spiro atoms. The van der Waals surface area contributed by atoms with E-state index in [1.807, 2.05) is 0 Å². The standard InChI is InChI=1S/C20H20F2O7/c1-11(18(23)12-5-7-13(8-6-12)29-20(21)22)28-19(24)14-9-16(26-3)17(27-4)10-15(14)25-2/h5-11,20H,1-4H3/t11-/m1/s1. The van der Waals surface area contributed by atoms with E-state index < -0.39 is 24.5 Å². The molecule has 0 bridgehead atoms. The van der Waals surface area contributed by atoms with Gasteiger partial charge in [-0.05, 0) is 31.2 Å². The van der Waals surface area contributed by atoms with Gasteiger partial charge in [-0.3, -0.25) is 4.79 Å². The minimum Gasteiger partial charge on any atom is -0.496 e. The average molecular weight is 410 g/mol. The van der Waals surface area contributed by atoms with Crippen molar-refractivity contribution in [1.82, 2.24) is 0 Å². The Bertz CT molecular complexity index is 866. The molecule has 7 nitrogen and oxygen atoms in total. The highest BCUT2D eigenvalue weighted by molar-refractivity contribution is 6.02. The molecule has 156 valence electrons. The van der Waals surface area contributed by atoms with Crippen molar-refractivity contribution in [2.24, 2.45) is 0 Å². The van der Waals surface area contributed by atoms with E-state index in [2.05, 4.69) is 4.74 Å². The van der Waals surface area contributed by atoms with Crippen molar-refractivity contribution < 1.29 is 42.1 Å². The maximum Gasteiger partial charge on any atom is 0.387 e. The molecule has 0 fully saturated rings. The fourth-order valence-corrected chi connectivity index (χ4v) is 2.50. The number of carbonyl (C=O) groups is 2. The van der Waals surface area contributed by atoms with Crippen molar-refractivity contribution in [2.75, 3.05) is 21.3 Å². The molecule has 1 atom stereocenters. The maximum atomic E-state index is 12.6. The Morgan fingerprint density at radius 3 is 1.93 bits per heavy atom. The predicted molar refractivity (Wildman–Crippen MR) is 98.4 cm³/mol. The van der Waals surface area contributed by atoms with Crippen LogP contribution in [0.2, 0.25) is 0 Å². The van der Waals surface area contributed by atoms with Gasteiger partial charge in [0.25, 0.3) is 0 Å². The lowest BCUT2D eigenvalue weighted by Gasteiger charge is -2.16. The second-order valence-electron chi connectivity index (χ2n) is 5.72. The quantitative estimate of drug-likeness (QED) is 0.460. The molecule has 0 aromatic heterocycles. The zero-order chi connectivity index (χ0) is 21.6. The summed E-state index contributed by atoms with van der Waals surface area (Å²) in [6.07, 6.45) is -1.14. The topological polar surface area (TPSA) is 80.3 Å². The summed E-state index contributed by atoms with van der Waals surface area (Å²) < 4.78 is 49.4. The molecule has 0 aliphatic carbocycles. The second-order valence-corrected chi connectivity index (χ2v) is 5.72. The Labute approximate surface area is 166 Å². The van der Waals surface area contributed by atoms with E-state index in [9.17, 15) is 18.4 Å². The molecule has 0 N–H and O–H groups in total. The lowest BCUT2D eigenvalue weighted by Crippen LogP contribution is -2.24. The third-order valence-corrected chi connectivity index (χ3v) is 3.94. The second kappa shape index (κ2) is 9.72. The number of methoxy groups -OCH3 is 3. The smallest absolute Gasteiger partial charge is 0.387 e. The van der Waals surface area contributed by atoms with Crippen LogP contribution in [0.15, 0.2) is 36.4 Å². The summed E-state index contributed by atoms with van der Waals surface area (Å²) in [7, 11) is 4.22. The number of carbonyl (C=O) groups excluding carboxylic acids is 2. The van der Waals surface area contributed by atoms with E-state index in [-0.39, 0.29) is 28.4 Å². The number of ether oxygens (including phenoxy) is 5. The molecule has 29 heavy (non-hydrogen) atoms. The number of hydrogen-bond acceptors (Lipinski definition) is 7. The average Bonchev–Trinajstić information content (AvgIpc) is 2.72. The van der Waals surface area contributed by atoms with Crippen LogP contribution in [0.25, 0.3) is 0 Å². The van der Waals surface area contributed by atoms with Gasteiger partial charge in [-0.2, -0.15) is 8.78 Å². The molecule has 0 heterocycles. The van der Waals surface area contributed by atoms with Crippen molar-refractivity contribution in [3.05, 3.63) is 47.5 Å². The van der Waals surface area contributed by atoms with E-state index in [1.165, 1.54) is 64.7 Å². The molecule has 0 saturated heterocycles. The van der Waals surface area contributed by atoms with E-state index >= 15 is 0 Å². The predicted octanol–water partition coefficient (Wildman–Crippen LogP) is 3.74. The number of alkyl halides is 2. The summed E-state index contributed by atoms with van der Waals surface area (Å²) >= 11 is 0. The number of Topliss-reactive ketones (excluding diaryl/α,β-unsaturated/α-hetero) is 1. The molecule has 2 aromatic carbocycles. The number of esters is 1. The molecular formula is C20H20F2O7. The van der Waals surface area contributed by atoms with Gasteiger partial charge in [0.15, 0.2) is 17.6 Å². The number of ketones is 1. The molecule has 0 saturated carbocycles. The Hall–Kier alpha value is -3.36. The van der Waals surface area contributed by atoms with Gasteiger partial charge in [0.2, 0.25) is 5.78 Å². The van der Waals surface area contributed by atoms with E-state index in [4.69, 9.17) is 18.9 Å². The zero-order valence-corrected chi connectivity index (χ0v) is 16.2. The molecule has 0 unspecified atom stereocenters. The molecule has 0 aliphatic rings. The van der Waals surface area contributed by atoms with Crippen molar-refractivity contribution >= 4 is 11.8 Å². The Morgan fingerprint density at radius 1 is 0.862 bits per heavy atom. The molecule has 2 aromatic rings. The largest absolute Gasteiger partial charge is 0.496 e. The summed E-state index contributed by atoms with van der Waals surface area (Å²) in [6, 6.07) is 7.91. The SMILES string of the molecule is COc1cc(OC)c(C(=O)O[C@H](C)C(=O)c2ccc(OC(F)F)cc2)cc1OC. The number of halogens is 2. The minimum absolute atomic E-state index is 0.0467. The van der Waals surface area contributed by atoms with Crippen LogP contribution in [0.3, 0.4) is 0 Å². The van der Waals surface area contributed by atoms with Crippen LogP contribution in [0.4, 0.5) is 8.78 Å². The number of benzene rings is 2. The van der Waals surface area contributed by atoms with E-state index in [0.717, 1.165) is 0 Å². The van der Waals surface area contributed by atoms with Crippen molar-refractivity contribution in [3.8, 4) is 23.0 Å². The lowest BCUT2D eigenvalue weighted by atomic mass is 10.1. The Morgan fingerprint density at radius 2 is 1.41 bits per heavy atom. The highest BCUT2D eigenvalue weighted by Crippen LogP contribution is 2.35. The van der Waals surface area contributed by atoms with Gasteiger partial charge in [0, 0.05) is 17.7 Å². The first kappa shape index (κ1) is 21.9. The molecule has 0 amide bonds. The molecule has 2 rings (SSSR count). The maximum absolute atomic E-state index is 12.6. The molecule has 0 aliphatic heterocycles. The van der Waals surface area contributed by atoms with Crippen LogP contribution >= 0.6 is 0 Å². The Balaban J connectivity index is 2.16. The van der Waals surface area contributed by atoms with Crippen LogP contribution in [0.5, 0.6) is 23.0 Å². The van der Waals surface area contributed by atoms with Gasteiger partial charge in [0.05, 0.1) is 21.3 Å². The number of rotatable bonds is 9. The van der Waals surface area contributed by atoms with Crippen molar-refractivity contribution in [1.29, 1.82) is 0 Å². The fraction of sp³-hybridized carbons (Fsp3) is 0.300. The van der Waals surface area contributed by atoms with Crippen LogP contribution in [-0.4, -0.2) is 45.8 Å². The monoisotopic (exact) mass is 410 g/mol. The molecular weight excluding hydrogens is 390 g/mol. The highest BCUT2D eigenvalue weighted by atomic mass is 19.3. The summed E-state index contributed by atoms with van der Waals surface area (Å²) in [6.45, 7) is -1.57. The minimum atomic E-state index is -2.96. The first-order valence-corrected chi connectivity index (χ1v) is 8.40. The Kier molecular flexibility index (Phi) is 7.35. The summed E-state index contributed by atoms with van der Waals surface area (Å²) in [5.41, 5.74) is 0.219. The van der Waals surface area contributed by atoms with E-state index in [1.54, 1.807) is 0 Å². The summed E-state index contributed by atoms with van der Waals surface area (Å²) in [5, 5.41) is 0.